The van der Waals surface area contributed by atoms with E-state index in [0.717, 1.165) is 0 Å². The number of nitrogens with zero attached hydrogens (tertiary/aromatic N) is 1. The van der Waals surface area contributed by atoms with Gasteiger partial charge >= 0.3 is 11.9 Å². The number of hydrogen-bond donors (Lipinski definition) is 3. The van der Waals surface area contributed by atoms with Crippen molar-refractivity contribution in [1.82, 2.24) is 4.57 Å². The summed E-state index contributed by atoms with van der Waals surface area (Å²) in [5, 5.41) is 27.9. The van der Waals surface area contributed by atoms with Crippen LogP contribution in [0.4, 0.5) is 0 Å². The number of carboxylic acid groups (broad SMARTS) is 2. The number of aromatic carboxylic acids is 2. The molecule has 1 aromatic rings. The minimum atomic E-state index is -1.13. The number of aliphatic hydroxyl groups is 1. The van der Waals surface area contributed by atoms with Crippen molar-refractivity contribution in [3.63, 3.8) is 0 Å². The highest BCUT2D eigenvalue weighted by Crippen LogP contribution is 2.28. The summed E-state index contributed by atoms with van der Waals surface area (Å²) in [6.07, 6.45) is 2.24. The van der Waals surface area contributed by atoms with E-state index in [9.17, 15) is 19.8 Å². The summed E-state index contributed by atoms with van der Waals surface area (Å²) in [5.74, 6) is 3.64. The lowest BCUT2D eigenvalue weighted by Crippen LogP contribution is -2.16. The van der Waals surface area contributed by atoms with Gasteiger partial charge in [-0.3, -0.25) is 0 Å². The monoisotopic (exact) mass is 291 g/mol. The van der Waals surface area contributed by atoms with Gasteiger partial charge in [-0.1, -0.05) is 0 Å². The van der Waals surface area contributed by atoms with E-state index in [1.807, 2.05) is 0 Å². The summed E-state index contributed by atoms with van der Waals surface area (Å²) in [4.78, 5) is 23.2. The number of aliphatic hydroxyl groups excluding tert-OH is 1. The first kappa shape index (κ1) is 15.1. The molecular weight excluding hydrogens is 274 g/mol. The van der Waals surface area contributed by atoms with Crippen LogP contribution in [0.15, 0.2) is 0 Å². The molecule has 0 saturated carbocycles. The summed E-state index contributed by atoms with van der Waals surface area (Å²) in [7, 11) is 0. The summed E-state index contributed by atoms with van der Waals surface area (Å²) in [6.45, 7) is 0.0533. The average Bonchev–Trinajstić information content (AvgIpc) is 2.69. The van der Waals surface area contributed by atoms with E-state index >= 15 is 0 Å². The quantitative estimate of drug-likeness (QED) is 0.707. The van der Waals surface area contributed by atoms with Gasteiger partial charge in [0.15, 0.2) is 0 Å². The molecule has 1 aromatic heterocycles. The lowest BCUT2D eigenvalue weighted by molar-refractivity contribution is 0.0674. The van der Waals surface area contributed by atoms with Crippen LogP contribution in [0.1, 0.15) is 51.4 Å². The van der Waals surface area contributed by atoms with E-state index < -0.39 is 11.9 Å². The zero-order valence-electron chi connectivity index (χ0n) is 11.6. The Kier molecular flexibility index (Phi) is 4.66. The van der Waals surface area contributed by atoms with E-state index in [0.29, 0.717) is 43.2 Å². The van der Waals surface area contributed by atoms with Gasteiger partial charge in [-0.15, -0.1) is 11.8 Å². The summed E-state index contributed by atoms with van der Waals surface area (Å²) in [6, 6.07) is 0. The van der Waals surface area contributed by atoms with Crippen LogP contribution in [-0.2, 0) is 19.4 Å². The molecule has 6 heteroatoms. The number of rotatable bonds is 5. The highest BCUT2D eigenvalue weighted by Gasteiger charge is 2.29. The van der Waals surface area contributed by atoms with Gasteiger partial charge in [-0.05, 0) is 30.4 Å². The molecule has 0 spiro atoms. The standard InChI is InChI=1S/C15H17NO5/c17-9-5-8-16-12(14(18)19)10-6-3-1-2-4-7-11(10)13(16)15(20)21/h17H,3-9H2,(H,18,19)(H,20,21). The fourth-order valence-corrected chi connectivity index (χ4v) is 2.76. The minimum Gasteiger partial charge on any atom is -0.477 e. The summed E-state index contributed by atoms with van der Waals surface area (Å²) in [5.41, 5.74) is 1.21. The first-order valence-corrected chi connectivity index (χ1v) is 6.85. The van der Waals surface area contributed by atoms with Crippen molar-refractivity contribution in [3.05, 3.63) is 22.5 Å². The molecule has 0 bridgehead atoms. The van der Waals surface area contributed by atoms with Crippen molar-refractivity contribution in [3.8, 4) is 11.8 Å². The minimum absolute atomic E-state index is 0.0274. The maximum absolute atomic E-state index is 11.6. The number of carbonyl (C=O) groups is 2. The largest absolute Gasteiger partial charge is 0.477 e. The number of carboxylic acids is 2. The summed E-state index contributed by atoms with van der Waals surface area (Å²) >= 11 is 0. The van der Waals surface area contributed by atoms with Gasteiger partial charge in [0.05, 0.1) is 0 Å². The van der Waals surface area contributed by atoms with Gasteiger partial charge in [-0.2, -0.15) is 0 Å². The molecule has 6 nitrogen and oxygen atoms in total. The molecule has 1 aliphatic carbocycles. The fraction of sp³-hybridized carbons (Fsp3) is 0.467. The molecular formula is C15H17NO5. The van der Waals surface area contributed by atoms with E-state index in [1.165, 1.54) is 4.57 Å². The third-order valence-corrected chi connectivity index (χ3v) is 3.55. The predicted molar refractivity (Wildman–Crippen MR) is 74.5 cm³/mol. The predicted octanol–water partition coefficient (Wildman–Crippen LogP) is 1.15. The molecule has 0 unspecified atom stereocenters. The van der Waals surface area contributed by atoms with E-state index in [-0.39, 0.29) is 24.5 Å². The van der Waals surface area contributed by atoms with Crippen LogP contribution in [-0.4, -0.2) is 38.4 Å². The molecule has 0 saturated heterocycles. The molecule has 112 valence electrons. The van der Waals surface area contributed by atoms with Crippen molar-refractivity contribution in [2.24, 2.45) is 0 Å². The molecule has 0 aromatic carbocycles. The van der Waals surface area contributed by atoms with Crippen molar-refractivity contribution < 1.29 is 24.9 Å². The van der Waals surface area contributed by atoms with Crippen molar-refractivity contribution >= 4 is 11.9 Å². The van der Waals surface area contributed by atoms with Crippen LogP contribution in [0.3, 0.4) is 0 Å². The van der Waals surface area contributed by atoms with Crippen molar-refractivity contribution in [2.75, 3.05) is 6.61 Å². The van der Waals surface area contributed by atoms with Gasteiger partial charge in [-0.25, -0.2) is 9.59 Å². The zero-order valence-corrected chi connectivity index (χ0v) is 11.6. The molecule has 2 rings (SSSR count). The maximum atomic E-state index is 11.6. The smallest absolute Gasteiger partial charge is 0.352 e. The zero-order chi connectivity index (χ0) is 15.4. The van der Waals surface area contributed by atoms with E-state index in [4.69, 9.17) is 5.11 Å². The number of fused-ring (bicyclic) bond motifs is 1. The number of aromatic nitrogens is 1. The van der Waals surface area contributed by atoms with Crippen LogP contribution in [0.25, 0.3) is 0 Å². The molecule has 0 fully saturated rings. The van der Waals surface area contributed by atoms with Gasteiger partial charge < -0.3 is 19.9 Å². The molecule has 0 radical (unpaired) electrons. The third-order valence-electron chi connectivity index (χ3n) is 3.55. The normalized spacial score (nSPS) is 13.6. The lowest BCUT2D eigenvalue weighted by atomic mass is 9.97. The van der Waals surface area contributed by atoms with Crippen LogP contribution in [0.2, 0.25) is 0 Å². The van der Waals surface area contributed by atoms with Gasteiger partial charge in [0.25, 0.3) is 0 Å². The van der Waals surface area contributed by atoms with Crippen molar-refractivity contribution in [2.45, 2.75) is 38.6 Å². The first-order valence-electron chi connectivity index (χ1n) is 6.85. The molecule has 3 N–H and O–H groups in total. The Labute approximate surface area is 122 Å². The van der Waals surface area contributed by atoms with Gasteiger partial charge in [0.2, 0.25) is 0 Å². The molecule has 21 heavy (non-hydrogen) atoms. The second-order valence-electron chi connectivity index (χ2n) is 4.85. The van der Waals surface area contributed by atoms with E-state index in [2.05, 4.69) is 11.8 Å². The Balaban J connectivity index is 2.64. The second-order valence-corrected chi connectivity index (χ2v) is 4.85. The van der Waals surface area contributed by atoms with Crippen LogP contribution in [0, 0.1) is 11.8 Å². The first-order chi connectivity index (χ1) is 10.1. The van der Waals surface area contributed by atoms with Crippen molar-refractivity contribution in [1.29, 1.82) is 0 Å². The highest BCUT2D eigenvalue weighted by molar-refractivity contribution is 5.95. The van der Waals surface area contributed by atoms with Gasteiger partial charge in [0.1, 0.15) is 11.4 Å². The number of hydrogen-bond acceptors (Lipinski definition) is 3. The van der Waals surface area contributed by atoms with Crippen LogP contribution < -0.4 is 0 Å². The maximum Gasteiger partial charge on any atom is 0.352 e. The highest BCUT2D eigenvalue weighted by atomic mass is 16.4. The Bertz CT molecular complexity index is 585. The molecule has 1 aliphatic rings. The molecule has 0 amide bonds. The second kappa shape index (κ2) is 6.46. The molecule has 0 aliphatic heterocycles. The van der Waals surface area contributed by atoms with Gasteiger partial charge in [0, 0.05) is 26.0 Å². The van der Waals surface area contributed by atoms with Crippen LogP contribution in [0.5, 0.6) is 0 Å². The summed E-state index contributed by atoms with van der Waals surface area (Å²) < 4.78 is 1.32. The third kappa shape index (κ3) is 2.93. The van der Waals surface area contributed by atoms with Crippen LogP contribution >= 0.6 is 0 Å². The Morgan fingerprint density at radius 2 is 1.48 bits per heavy atom. The lowest BCUT2D eigenvalue weighted by Gasteiger charge is -2.09. The van der Waals surface area contributed by atoms with E-state index in [1.54, 1.807) is 0 Å². The molecule has 1 heterocycles. The Morgan fingerprint density at radius 3 is 1.86 bits per heavy atom. The molecule has 0 atom stereocenters. The SMILES string of the molecule is O=C(O)c1c2c(c(C(=O)O)n1CCCO)CCC#CCC2. The Morgan fingerprint density at radius 1 is 1.00 bits per heavy atom. The topological polar surface area (TPSA) is 99.8 Å². The average molecular weight is 291 g/mol. The fourth-order valence-electron chi connectivity index (χ4n) is 2.76. The Hall–Kier alpha value is -2.26.